The fraction of sp³-hybridized carbons (Fsp3) is 0.765. The van der Waals surface area contributed by atoms with E-state index in [0.29, 0.717) is 43.2 Å². The van der Waals surface area contributed by atoms with Crippen molar-refractivity contribution in [3.8, 4) is 0 Å². The highest BCUT2D eigenvalue weighted by atomic mass is 32.2. The maximum Gasteiger partial charge on any atom is 0.225 e. The number of aromatic nitrogens is 1. The molecule has 2 aliphatic rings. The average molecular weight is 369 g/mol. The summed E-state index contributed by atoms with van der Waals surface area (Å²) >= 11 is 0. The maximum absolute atomic E-state index is 12.7. The van der Waals surface area contributed by atoms with E-state index in [2.05, 4.69) is 5.16 Å². The Morgan fingerprint density at radius 3 is 2.32 bits per heavy atom. The molecule has 7 nitrogen and oxygen atoms in total. The number of aryl methyl sites for hydroxylation is 2. The number of carbonyl (C=O) groups is 1. The van der Waals surface area contributed by atoms with Crippen molar-refractivity contribution in [2.75, 3.05) is 26.2 Å². The standard InChI is InChI=1S/C17H27N3O4S/c1-13-16(14(2)24-18-13)12-25(22,23)20-10-8-19(9-11-20)17(21)15-6-4-3-5-7-15/h15H,3-12H2,1-2H3. The smallest absolute Gasteiger partial charge is 0.225 e. The Balaban J connectivity index is 1.58. The number of carbonyl (C=O) groups excluding carboxylic acids is 1. The van der Waals surface area contributed by atoms with Crippen LogP contribution in [-0.4, -0.2) is 54.9 Å². The van der Waals surface area contributed by atoms with E-state index in [1.807, 2.05) is 4.90 Å². The van der Waals surface area contributed by atoms with Crippen LogP contribution in [0.25, 0.3) is 0 Å². The molecule has 0 spiro atoms. The van der Waals surface area contributed by atoms with Crippen molar-refractivity contribution in [1.29, 1.82) is 0 Å². The summed E-state index contributed by atoms with van der Waals surface area (Å²) < 4.78 is 31.9. The van der Waals surface area contributed by atoms with Crippen molar-refractivity contribution in [2.45, 2.75) is 51.7 Å². The largest absolute Gasteiger partial charge is 0.361 e. The van der Waals surface area contributed by atoms with Crippen LogP contribution in [0.1, 0.15) is 49.1 Å². The number of hydrogen-bond donors (Lipinski definition) is 0. The second kappa shape index (κ2) is 7.45. The molecule has 0 radical (unpaired) electrons. The lowest BCUT2D eigenvalue weighted by Gasteiger charge is -2.36. The van der Waals surface area contributed by atoms with Gasteiger partial charge < -0.3 is 9.42 Å². The normalized spacial score (nSPS) is 20.8. The molecule has 1 aromatic rings. The van der Waals surface area contributed by atoms with E-state index in [1.165, 1.54) is 10.7 Å². The van der Waals surface area contributed by atoms with Crippen molar-refractivity contribution in [1.82, 2.24) is 14.4 Å². The Bertz CT molecular complexity index is 695. The number of hydrogen-bond acceptors (Lipinski definition) is 5. The molecule has 0 aromatic carbocycles. The van der Waals surface area contributed by atoms with E-state index >= 15 is 0 Å². The molecule has 1 saturated carbocycles. The quantitative estimate of drug-likeness (QED) is 0.809. The van der Waals surface area contributed by atoms with E-state index < -0.39 is 10.0 Å². The van der Waals surface area contributed by atoms with Gasteiger partial charge in [0.15, 0.2) is 0 Å². The third kappa shape index (κ3) is 4.06. The van der Waals surface area contributed by atoms with E-state index in [4.69, 9.17) is 4.52 Å². The van der Waals surface area contributed by atoms with Gasteiger partial charge in [0.2, 0.25) is 15.9 Å². The third-order valence-corrected chi connectivity index (χ3v) is 7.21. The topological polar surface area (TPSA) is 83.7 Å². The van der Waals surface area contributed by atoms with Gasteiger partial charge in [-0.05, 0) is 26.7 Å². The number of nitrogens with zero attached hydrogens (tertiary/aromatic N) is 3. The highest BCUT2D eigenvalue weighted by Gasteiger charge is 2.33. The summed E-state index contributed by atoms with van der Waals surface area (Å²) in [6.07, 6.45) is 5.43. The van der Waals surface area contributed by atoms with Gasteiger partial charge in [0, 0.05) is 37.7 Å². The zero-order valence-corrected chi connectivity index (χ0v) is 15.8. The zero-order valence-electron chi connectivity index (χ0n) is 15.0. The minimum atomic E-state index is -3.43. The summed E-state index contributed by atoms with van der Waals surface area (Å²) in [6.45, 7) is 5.18. The number of rotatable bonds is 4. The molecule has 0 N–H and O–H groups in total. The van der Waals surface area contributed by atoms with Gasteiger partial charge in [0.05, 0.1) is 11.4 Å². The average Bonchev–Trinajstić information content (AvgIpc) is 2.93. The van der Waals surface area contributed by atoms with Crippen LogP contribution in [0.4, 0.5) is 0 Å². The van der Waals surface area contributed by atoms with Gasteiger partial charge in [-0.3, -0.25) is 4.79 Å². The molecular weight excluding hydrogens is 342 g/mol. The fourth-order valence-electron chi connectivity index (χ4n) is 3.78. The summed E-state index contributed by atoms with van der Waals surface area (Å²) in [5.41, 5.74) is 1.26. The van der Waals surface area contributed by atoms with E-state index in [-0.39, 0.29) is 17.6 Å². The van der Waals surface area contributed by atoms with E-state index in [1.54, 1.807) is 13.8 Å². The zero-order chi connectivity index (χ0) is 18.0. The van der Waals surface area contributed by atoms with Gasteiger partial charge in [-0.15, -0.1) is 0 Å². The number of amides is 1. The third-order valence-electron chi connectivity index (χ3n) is 5.41. The molecule has 1 saturated heterocycles. The molecule has 0 atom stereocenters. The summed E-state index contributed by atoms with van der Waals surface area (Å²) in [7, 11) is -3.43. The SMILES string of the molecule is Cc1noc(C)c1CS(=O)(=O)N1CCN(C(=O)C2CCCCC2)CC1. The minimum Gasteiger partial charge on any atom is -0.361 e. The van der Waals surface area contributed by atoms with Gasteiger partial charge >= 0.3 is 0 Å². The first-order valence-corrected chi connectivity index (χ1v) is 10.7. The second-order valence-corrected chi connectivity index (χ2v) is 9.09. The monoisotopic (exact) mass is 369 g/mol. The Morgan fingerprint density at radius 2 is 1.76 bits per heavy atom. The molecule has 3 rings (SSSR count). The molecule has 1 aromatic heterocycles. The van der Waals surface area contributed by atoms with E-state index in [9.17, 15) is 13.2 Å². The molecule has 2 heterocycles. The van der Waals surface area contributed by atoms with Crippen molar-refractivity contribution >= 4 is 15.9 Å². The summed E-state index contributed by atoms with van der Waals surface area (Å²) in [5, 5.41) is 3.82. The van der Waals surface area contributed by atoms with Crippen molar-refractivity contribution in [3.05, 3.63) is 17.0 Å². The van der Waals surface area contributed by atoms with Crippen molar-refractivity contribution in [3.63, 3.8) is 0 Å². The minimum absolute atomic E-state index is 0.0925. The second-order valence-electron chi connectivity index (χ2n) is 7.12. The van der Waals surface area contributed by atoms with Crippen LogP contribution in [0.2, 0.25) is 0 Å². The highest BCUT2D eigenvalue weighted by molar-refractivity contribution is 7.88. The van der Waals surface area contributed by atoms with Crippen LogP contribution in [0, 0.1) is 19.8 Å². The summed E-state index contributed by atoms with van der Waals surface area (Å²) in [5.74, 6) is 0.805. The lowest BCUT2D eigenvalue weighted by molar-refractivity contribution is -0.137. The number of piperazine rings is 1. The predicted molar refractivity (Wildman–Crippen MR) is 93.3 cm³/mol. The molecule has 1 aliphatic carbocycles. The summed E-state index contributed by atoms with van der Waals surface area (Å²) in [6, 6.07) is 0. The highest BCUT2D eigenvalue weighted by Crippen LogP contribution is 2.26. The summed E-state index contributed by atoms with van der Waals surface area (Å²) in [4.78, 5) is 14.4. The molecule has 0 unspecified atom stereocenters. The van der Waals surface area contributed by atoms with Gasteiger partial charge in [-0.2, -0.15) is 4.31 Å². The van der Waals surface area contributed by atoms with Crippen molar-refractivity contribution in [2.24, 2.45) is 5.92 Å². The number of sulfonamides is 1. The van der Waals surface area contributed by atoms with Gasteiger partial charge in [0.1, 0.15) is 5.76 Å². The first-order chi connectivity index (χ1) is 11.9. The van der Waals surface area contributed by atoms with Crippen LogP contribution in [-0.2, 0) is 20.6 Å². The lowest BCUT2D eigenvalue weighted by Crippen LogP contribution is -2.52. The Labute approximate surface area is 149 Å². The first kappa shape index (κ1) is 18.4. The van der Waals surface area contributed by atoms with Gasteiger partial charge in [-0.25, -0.2) is 8.42 Å². The molecule has 8 heteroatoms. The Morgan fingerprint density at radius 1 is 1.12 bits per heavy atom. The Hall–Kier alpha value is -1.41. The molecule has 2 fully saturated rings. The molecule has 140 valence electrons. The van der Waals surface area contributed by atoms with Crippen LogP contribution >= 0.6 is 0 Å². The maximum atomic E-state index is 12.7. The van der Waals surface area contributed by atoms with Crippen molar-refractivity contribution < 1.29 is 17.7 Å². The van der Waals surface area contributed by atoms with Gasteiger partial charge in [0.25, 0.3) is 0 Å². The molecule has 1 aliphatic heterocycles. The molecular formula is C17H27N3O4S. The lowest BCUT2D eigenvalue weighted by atomic mass is 9.88. The van der Waals surface area contributed by atoms with E-state index in [0.717, 1.165) is 25.7 Å². The van der Waals surface area contributed by atoms with Crippen LogP contribution in [0.3, 0.4) is 0 Å². The van der Waals surface area contributed by atoms with Gasteiger partial charge in [-0.1, -0.05) is 24.4 Å². The molecule has 25 heavy (non-hydrogen) atoms. The first-order valence-electron chi connectivity index (χ1n) is 9.07. The Kier molecular flexibility index (Phi) is 5.48. The molecule has 1 amide bonds. The fourth-order valence-corrected chi connectivity index (χ4v) is 5.46. The van der Waals surface area contributed by atoms with Crippen LogP contribution in [0.15, 0.2) is 4.52 Å². The predicted octanol–water partition coefficient (Wildman–Crippen LogP) is 1.85. The van der Waals surface area contributed by atoms with Crippen LogP contribution < -0.4 is 0 Å². The molecule has 0 bridgehead atoms. The van der Waals surface area contributed by atoms with Crippen LogP contribution in [0.5, 0.6) is 0 Å².